The first-order valence-electron chi connectivity index (χ1n) is 9.27. The molecule has 0 saturated heterocycles. The van der Waals surface area contributed by atoms with Crippen LogP contribution in [0.4, 0.5) is 0 Å². The lowest BCUT2D eigenvalue weighted by atomic mass is 9.95. The Bertz CT molecular complexity index is 1020. The van der Waals surface area contributed by atoms with Crippen molar-refractivity contribution in [3.63, 3.8) is 0 Å². The minimum atomic E-state index is -3.59. The van der Waals surface area contributed by atoms with Crippen molar-refractivity contribution in [2.75, 3.05) is 0 Å². The van der Waals surface area contributed by atoms with Gasteiger partial charge >= 0.3 is 0 Å². The number of hydrogen-bond acceptors (Lipinski definition) is 3. The van der Waals surface area contributed by atoms with Gasteiger partial charge in [-0.1, -0.05) is 78.9 Å². The van der Waals surface area contributed by atoms with Gasteiger partial charge in [-0.2, -0.15) is 0 Å². The summed E-state index contributed by atoms with van der Waals surface area (Å²) in [5, 5.41) is 0. The van der Waals surface area contributed by atoms with Crippen molar-refractivity contribution in [2.45, 2.75) is 31.7 Å². The summed E-state index contributed by atoms with van der Waals surface area (Å²) in [4.78, 5) is 0. The molecule has 3 aromatic carbocycles. The van der Waals surface area contributed by atoms with Crippen molar-refractivity contribution in [3.05, 3.63) is 107 Å². The zero-order valence-corrected chi connectivity index (χ0v) is 17.0. The Morgan fingerprint density at radius 1 is 0.821 bits per heavy atom. The molecule has 146 valence electrons. The van der Waals surface area contributed by atoms with Gasteiger partial charge in [0.1, 0.15) is 0 Å². The average Bonchev–Trinajstić information content (AvgIpc) is 2.69. The Labute approximate surface area is 167 Å². The maximum absolute atomic E-state index is 12.9. The van der Waals surface area contributed by atoms with E-state index < -0.39 is 22.1 Å². The highest BCUT2D eigenvalue weighted by Gasteiger charge is 2.26. The van der Waals surface area contributed by atoms with Gasteiger partial charge in [-0.15, -0.1) is 0 Å². The molecule has 0 saturated carbocycles. The normalized spacial score (nSPS) is 13.8. The number of rotatable bonds is 7. The van der Waals surface area contributed by atoms with Crippen molar-refractivity contribution < 1.29 is 8.42 Å². The molecule has 0 amide bonds. The van der Waals surface area contributed by atoms with E-state index in [1.165, 1.54) is 0 Å². The highest BCUT2D eigenvalue weighted by atomic mass is 32.2. The van der Waals surface area contributed by atoms with E-state index in [4.69, 9.17) is 5.73 Å². The van der Waals surface area contributed by atoms with Crippen LogP contribution in [0, 0.1) is 13.8 Å². The quantitative estimate of drug-likeness (QED) is 0.632. The lowest BCUT2D eigenvalue weighted by Crippen LogP contribution is -2.36. The SMILES string of the molecule is Cc1ccc(CS(=O)(=O)NC(c2ccccc2)C(N)c2ccccc2)cc1C. The number of hydrogen-bond donors (Lipinski definition) is 2. The van der Waals surface area contributed by atoms with E-state index in [0.717, 1.165) is 27.8 Å². The van der Waals surface area contributed by atoms with Crippen LogP contribution in [0.1, 0.15) is 39.9 Å². The van der Waals surface area contributed by atoms with Crippen molar-refractivity contribution in [2.24, 2.45) is 5.73 Å². The van der Waals surface area contributed by atoms with Crippen LogP contribution in [0.25, 0.3) is 0 Å². The molecule has 0 spiro atoms. The van der Waals surface area contributed by atoms with Crippen LogP contribution in [0.15, 0.2) is 78.9 Å². The summed E-state index contributed by atoms with van der Waals surface area (Å²) >= 11 is 0. The van der Waals surface area contributed by atoms with Crippen LogP contribution in [0.3, 0.4) is 0 Å². The second-order valence-electron chi connectivity index (χ2n) is 7.12. The third-order valence-corrected chi connectivity index (χ3v) is 6.26. The maximum atomic E-state index is 12.9. The third kappa shape index (κ3) is 5.07. The van der Waals surface area contributed by atoms with E-state index >= 15 is 0 Å². The first-order valence-corrected chi connectivity index (χ1v) is 10.9. The van der Waals surface area contributed by atoms with Gasteiger partial charge < -0.3 is 5.73 Å². The zero-order chi connectivity index (χ0) is 20.1. The number of nitrogens with two attached hydrogens (primary N) is 1. The standard InChI is InChI=1S/C23H26N2O2S/c1-17-13-14-19(15-18(17)2)16-28(26,27)25-23(21-11-7-4-8-12-21)22(24)20-9-5-3-6-10-20/h3-15,22-23,25H,16,24H2,1-2H3. The Morgan fingerprint density at radius 3 is 1.96 bits per heavy atom. The number of sulfonamides is 1. The van der Waals surface area contributed by atoms with Gasteiger partial charge in [0.15, 0.2) is 0 Å². The smallest absolute Gasteiger partial charge is 0.216 e. The van der Waals surface area contributed by atoms with Gasteiger partial charge in [-0.25, -0.2) is 13.1 Å². The number of aryl methyl sites for hydroxylation is 2. The van der Waals surface area contributed by atoms with Crippen molar-refractivity contribution in [1.82, 2.24) is 4.72 Å². The molecule has 3 rings (SSSR count). The second-order valence-corrected chi connectivity index (χ2v) is 8.87. The van der Waals surface area contributed by atoms with Gasteiger partial charge in [-0.05, 0) is 41.7 Å². The van der Waals surface area contributed by atoms with Gasteiger partial charge in [-0.3, -0.25) is 0 Å². The average molecular weight is 395 g/mol. The first-order chi connectivity index (χ1) is 13.4. The van der Waals surface area contributed by atoms with E-state index in [2.05, 4.69) is 4.72 Å². The molecule has 0 bridgehead atoms. The summed E-state index contributed by atoms with van der Waals surface area (Å²) < 4.78 is 28.7. The molecule has 0 aromatic heterocycles. The predicted octanol–water partition coefficient (Wildman–Crippen LogP) is 4.16. The molecule has 5 heteroatoms. The molecule has 0 heterocycles. The van der Waals surface area contributed by atoms with E-state index in [1.54, 1.807) is 0 Å². The summed E-state index contributed by atoms with van der Waals surface area (Å²) in [6.07, 6.45) is 0. The summed E-state index contributed by atoms with van der Waals surface area (Å²) in [6, 6.07) is 23.7. The number of nitrogens with one attached hydrogen (secondary N) is 1. The Morgan fingerprint density at radius 2 is 1.39 bits per heavy atom. The largest absolute Gasteiger partial charge is 0.322 e. The van der Waals surface area contributed by atoms with Gasteiger partial charge in [0.05, 0.1) is 17.8 Å². The third-order valence-electron chi connectivity index (χ3n) is 4.94. The second kappa shape index (κ2) is 8.69. The predicted molar refractivity (Wildman–Crippen MR) is 114 cm³/mol. The lowest BCUT2D eigenvalue weighted by molar-refractivity contribution is 0.503. The Balaban J connectivity index is 1.89. The van der Waals surface area contributed by atoms with E-state index in [0.29, 0.717) is 0 Å². The van der Waals surface area contributed by atoms with Crippen LogP contribution in [-0.2, 0) is 15.8 Å². The fourth-order valence-corrected chi connectivity index (χ4v) is 4.60. The molecule has 4 nitrogen and oxygen atoms in total. The van der Waals surface area contributed by atoms with Crippen molar-refractivity contribution >= 4 is 10.0 Å². The maximum Gasteiger partial charge on any atom is 0.216 e. The molecule has 0 radical (unpaired) electrons. The molecular weight excluding hydrogens is 368 g/mol. The molecule has 0 fully saturated rings. The molecule has 28 heavy (non-hydrogen) atoms. The zero-order valence-electron chi connectivity index (χ0n) is 16.2. The monoisotopic (exact) mass is 394 g/mol. The van der Waals surface area contributed by atoms with Gasteiger partial charge in [0.2, 0.25) is 10.0 Å². The fourth-order valence-electron chi connectivity index (χ4n) is 3.22. The van der Waals surface area contributed by atoms with Crippen molar-refractivity contribution in [1.29, 1.82) is 0 Å². The summed E-state index contributed by atoms with van der Waals surface area (Å²) in [5.74, 6) is -0.0844. The first kappa shape index (κ1) is 20.3. The number of benzene rings is 3. The molecule has 0 aliphatic rings. The molecule has 0 aliphatic heterocycles. The highest BCUT2D eigenvalue weighted by Crippen LogP contribution is 2.28. The Hall–Kier alpha value is -2.47. The van der Waals surface area contributed by atoms with Crippen LogP contribution in [0.2, 0.25) is 0 Å². The summed E-state index contributed by atoms with van der Waals surface area (Å²) in [7, 11) is -3.59. The fraction of sp³-hybridized carbons (Fsp3) is 0.217. The summed E-state index contributed by atoms with van der Waals surface area (Å²) in [5.41, 5.74) is 11.2. The van der Waals surface area contributed by atoms with Gasteiger partial charge in [0.25, 0.3) is 0 Å². The summed E-state index contributed by atoms with van der Waals surface area (Å²) in [6.45, 7) is 3.99. The molecule has 2 unspecified atom stereocenters. The topological polar surface area (TPSA) is 72.2 Å². The van der Waals surface area contributed by atoms with Crippen molar-refractivity contribution in [3.8, 4) is 0 Å². The molecular formula is C23H26N2O2S. The molecule has 2 atom stereocenters. The van der Waals surface area contributed by atoms with E-state index in [-0.39, 0.29) is 5.75 Å². The molecule has 3 N–H and O–H groups in total. The van der Waals surface area contributed by atoms with Crippen LogP contribution in [-0.4, -0.2) is 8.42 Å². The highest BCUT2D eigenvalue weighted by molar-refractivity contribution is 7.88. The molecule has 0 aliphatic carbocycles. The van der Waals surface area contributed by atoms with Crippen LogP contribution >= 0.6 is 0 Å². The minimum absolute atomic E-state index is 0.0844. The van der Waals surface area contributed by atoms with E-state index in [1.807, 2.05) is 92.7 Å². The minimum Gasteiger partial charge on any atom is -0.322 e. The lowest BCUT2D eigenvalue weighted by Gasteiger charge is -2.26. The van der Waals surface area contributed by atoms with Crippen LogP contribution < -0.4 is 10.5 Å². The van der Waals surface area contributed by atoms with Crippen LogP contribution in [0.5, 0.6) is 0 Å². The van der Waals surface area contributed by atoms with E-state index in [9.17, 15) is 8.42 Å². The van der Waals surface area contributed by atoms with Gasteiger partial charge in [0, 0.05) is 0 Å². The Kier molecular flexibility index (Phi) is 6.29. The molecule has 3 aromatic rings.